The first-order valence-corrected chi connectivity index (χ1v) is 4.11. The number of hydrogen-bond acceptors (Lipinski definition) is 4. The van der Waals surface area contributed by atoms with Gasteiger partial charge in [0, 0.05) is 6.42 Å². The van der Waals surface area contributed by atoms with Gasteiger partial charge in [-0.25, -0.2) is 0 Å². The fraction of sp³-hybridized carbons (Fsp3) is 0.875. The summed E-state index contributed by atoms with van der Waals surface area (Å²) in [5.74, 6) is -0.184. The molecule has 4 heteroatoms. The van der Waals surface area contributed by atoms with Gasteiger partial charge in [-0.1, -0.05) is 0 Å². The van der Waals surface area contributed by atoms with Crippen molar-refractivity contribution in [3.8, 4) is 0 Å². The molecule has 0 radical (unpaired) electrons. The van der Waals surface area contributed by atoms with Gasteiger partial charge in [0.05, 0.1) is 19.8 Å². The number of esters is 1. The van der Waals surface area contributed by atoms with E-state index in [9.17, 15) is 4.79 Å². The van der Waals surface area contributed by atoms with Gasteiger partial charge in [-0.2, -0.15) is 0 Å². The minimum atomic E-state index is -0.184. The smallest absolute Gasteiger partial charge is 0.305 e. The number of aliphatic hydroxyl groups is 1. The zero-order valence-electron chi connectivity index (χ0n) is 7.16. The summed E-state index contributed by atoms with van der Waals surface area (Å²) in [6.45, 7) is 0.0862. The third-order valence-electron chi connectivity index (χ3n) is 1.96. The molecule has 1 rings (SSSR count). The summed E-state index contributed by atoms with van der Waals surface area (Å²) in [4.78, 5) is 10.7. The fourth-order valence-electron chi connectivity index (χ4n) is 1.14. The van der Waals surface area contributed by atoms with Crippen molar-refractivity contribution in [3.63, 3.8) is 0 Å². The van der Waals surface area contributed by atoms with Crippen LogP contribution in [0.15, 0.2) is 0 Å². The molecule has 1 heterocycles. The lowest BCUT2D eigenvalue weighted by Gasteiger charge is -1.96. The van der Waals surface area contributed by atoms with Gasteiger partial charge in [0.2, 0.25) is 0 Å². The van der Waals surface area contributed by atoms with Crippen LogP contribution in [0.4, 0.5) is 0 Å². The van der Waals surface area contributed by atoms with Gasteiger partial charge in [0.25, 0.3) is 0 Å². The molecule has 0 unspecified atom stereocenters. The molecular weight excluding hydrogens is 160 g/mol. The number of hydrogen-bond donors (Lipinski definition) is 1. The zero-order valence-corrected chi connectivity index (χ0v) is 7.16. The molecule has 0 spiro atoms. The van der Waals surface area contributed by atoms with Crippen molar-refractivity contribution in [1.82, 2.24) is 0 Å². The number of aliphatic hydroxyl groups excluding tert-OH is 1. The van der Waals surface area contributed by atoms with E-state index in [4.69, 9.17) is 9.84 Å². The molecule has 0 aliphatic carbocycles. The van der Waals surface area contributed by atoms with Crippen LogP contribution in [0.25, 0.3) is 0 Å². The topological polar surface area (TPSA) is 59.1 Å². The van der Waals surface area contributed by atoms with Gasteiger partial charge >= 0.3 is 5.97 Å². The first-order chi connectivity index (χ1) is 5.77. The van der Waals surface area contributed by atoms with Crippen molar-refractivity contribution in [1.29, 1.82) is 0 Å². The van der Waals surface area contributed by atoms with Crippen LogP contribution in [0.5, 0.6) is 0 Å². The average Bonchev–Trinajstić information content (AvgIpc) is 2.83. The molecule has 1 aliphatic rings. The SMILES string of the molecule is COC(=O)CCC[C@@H]1O[C@H]1CO. The zero-order chi connectivity index (χ0) is 8.97. The predicted molar refractivity (Wildman–Crippen MR) is 41.6 cm³/mol. The van der Waals surface area contributed by atoms with Crippen molar-refractivity contribution in [2.75, 3.05) is 13.7 Å². The first-order valence-electron chi connectivity index (χ1n) is 4.11. The lowest BCUT2D eigenvalue weighted by molar-refractivity contribution is -0.140. The number of carbonyl (C=O) groups is 1. The van der Waals surface area contributed by atoms with E-state index in [0.717, 1.165) is 12.8 Å². The maximum Gasteiger partial charge on any atom is 0.305 e. The largest absolute Gasteiger partial charge is 0.469 e. The van der Waals surface area contributed by atoms with E-state index < -0.39 is 0 Å². The standard InChI is InChI=1S/C8H14O4/c1-11-8(10)4-2-3-6-7(5-9)12-6/h6-7,9H,2-5H2,1H3/t6-,7-/m0/s1. The predicted octanol–water partition coefficient (Wildman–Crippen LogP) is 0.0894. The summed E-state index contributed by atoms with van der Waals surface area (Å²) in [7, 11) is 1.38. The molecule has 1 N–H and O–H groups in total. The molecule has 70 valence electrons. The highest BCUT2D eigenvalue weighted by Gasteiger charge is 2.37. The molecule has 4 nitrogen and oxygen atoms in total. The maximum atomic E-state index is 10.7. The highest BCUT2D eigenvalue weighted by Crippen LogP contribution is 2.26. The van der Waals surface area contributed by atoms with Gasteiger partial charge < -0.3 is 14.6 Å². The van der Waals surface area contributed by atoms with Gasteiger partial charge in [-0.05, 0) is 12.8 Å². The van der Waals surface area contributed by atoms with Crippen LogP contribution in [-0.4, -0.2) is 37.0 Å². The van der Waals surface area contributed by atoms with Gasteiger partial charge in [0.1, 0.15) is 6.10 Å². The van der Waals surface area contributed by atoms with E-state index >= 15 is 0 Å². The van der Waals surface area contributed by atoms with Crippen LogP contribution in [0, 0.1) is 0 Å². The van der Waals surface area contributed by atoms with Crippen molar-refractivity contribution in [3.05, 3.63) is 0 Å². The normalized spacial score (nSPS) is 26.8. The summed E-state index contributed by atoms with van der Waals surface area (Å²) in [6, 6.07) is 0. The van der Waals surface area contributed by atoms with E-state index in [1.165, 1.54) is 7.11 Å². The molecule has 0 amide bonds. The molecule has 1 fully saturated rings. The van der Waals surface area contributed by atoms with Crippen molar-refractivity contribution in [2.45, 2.75) is 31.5 Å². The van der Waals surface area contributed by atoms with E-state index in [1.54, 1.807) is 0 Å². The summed E-state index contributed by atoms with van der Waals surface area (Å²) in [5, 5.41) is 8.61. The Morgan fingerprint density at radius 2 is 2.33 bits per heavy atom. The Bertz CT molecular complexity index is 157. The van der Waals surface area contributed by atoms with Gasteiger partial charge in [-0.15, -0.1) is 0 Å². The molecule has 0 bridgehead atoms. The number of epoxide rings is 1. The quantitative estimate of drug-likeness (QED) is 0.474. The monoisotopic (exact) mass is 174 g/mol. The summed E-state index contributed by atoms with van der Waals surface area (Å²) >= 11 is 0. The van der Waals surface area contributed by atoms with Crippen LogP contribution >= 0.6 is 0 Å². The number of ether oxygens (including phenoxy) is 2. The van der Waals surface area contributed by atoms with Crippen LogP contribution in [0.2, 0.25) is 0 Å². The Morgan fingerprint density at radius 3 is 2.83 bits per heavy atom. The Hall–Kier alpha value is -0.610. The highest BCUT2D eigenvalue weighted by atomic mass is 16.6. The van der Waals surface area contributed by atoms with E-state index in [1.807, 2.05) is 0 Å². The van der Waals surface area contributed by atoms with Crippen molar-refractivity contribution in [2.24, 2.45) is 0 Å². The van der Waals surface area contributed by atoms with E-state index in [2.05, 4.69) is 4.74 Å². The second kappa shape index (κ2) is 4.42. The molecular formula is C8H14O4. The fourth-order valence-corrected chi connectivity index (χ4v) is 1.14. The van der Waals surface area contributed by atoms with Crippen molar-refractivity contribution >= 4 is 5.97 Å². The molecule has 0 aromatic heterocycles. The number of carbonyl (C=O) groups excluding carboxylic acids is 1. The molecule has 1 aliphatic heterocycles. The summed E-state index contributed by atoms with van der Waals surface area (Å²) in [6.07, 6.45) is 2.23. The average molecular weight is 174 g/mol. The molecule has 0 aromatic rings. The molecule has 0 aromatic carbocycles. The van der Waals surface area contributed by atoms with Gasteiger partial charge in [0.15, 0.2) is 0 Å². The lowest BCUT2D eigenvalue weighted by Crippen LogP contribution is -2.02. The third-order valence-corrected chi connectivity index (χ3v) is 1.96. The Labute approximate surface area is 71.5 Å². The number of rotatable bonds is 5. The second-order valence-electron chi connectivity index (χ2n) is 2.86. The summed E-state index contributed by atoms with van der Waals surface area (Å²) in [5.41, 5.74) is 0. The minimum absolute atomic E-state index is 0.0163. The second-order valence-corrected chi connectivity index (χ2v) is 2.86. The Morgan fingerprint density at radius 1 is 1.58 bits per heavy atom. The Balaban J connectivity index is 1.94. The van der Waals surface area contributed by atoms with Crippen LogP contribution in [0.3, 0.4) is 0 Å². The molecule has 12 heavy (non-hydrogen) atoms. The molecule has 2 atom stereocenters. The number of methoxy groups -OCH3 is 1. The van der Waals surface area contributed by atoms with Crippen LogP contribution in [0.1, 0.15) is 19.3 Å². The highest BCUT2D eigenvalue weighted by molar-refractivity contribution is 5.68. The molecule has 1 saturated heterocycles. The van der Waals surface area contributed by atoms with E-state index in [-0.39, 0.29) is 24.8 Å². The maximum absolute atomic E-state index is 10.7. The van der Waals surface area contributed by atoms with Crippen LogP contribution < -0.4 is 0 Å². The lowest BCUT2D eigenvalue weighted by atomic mass is 10.1. The summed E-state index contributed by atoms with van der Waals surface area (Å²) < 4.78 is 9.56. The first kappa shape index (κ1) is 9.48. The third kappa shape index (κ3) is 2.79. The van der Waals surface area contributed by atoms with Crippen molar-refractivity contribution < 1.29 is 19.4 Å². The van der Waals surface area contributed by atoms with Gasteiger partial charge in [-0.3, -0.25) is 4.79 Å². The Kier molecular flexibility index (Phi) is 3.49. The molecule has 0 saturated carbocycles. The van der Waals surface area contributed by atoms with Crippen LogP contribution in [-0.2, 0) is 14.3 Å². The minimum Gasteiger partial charge on any atom is -0.469 e. The van der Waals surface area contributed by atoms with E-state index in [0.29, 0.717) is 6.42 Å².